The lowest BCUT2D eigenvalue weighted by Crippen LogP contribution is -2.42. The topological polar surface area (TPSA) is 21.3 Å². The van der Waals surface area contributed by atoms with Crippen LogP contribution in [0.5, 0.6) is 0 Å². The second kappa shape index (κ2) is 7.66. The third-order valence-electron chi connectivity index (χ3n) is 4.08. The predicted octanol–water partition coefficient (Wildman–Crippen LogP) is 3.41. The summed E-state index contributed by atoms with van der Waals surface area (Å²) in [5.74, 6) is 0.685. The molecule has 0 amide bonds. The van der Waals surface area contributed by atoms with Gasteiger partial charge in [-0.2, -0.15) is 0 Å². The standard InChI is InChI=1S/C17H27NO/c1-3-12-18-16(17-14(2)11-13-19-17)10-9-15-7-5-4-6-8-15/h4-8,14,16-18H,3,9-13H2,1-2H3. The molecule has 106 valence electrons. The van der Waals surface area contributed by atoms with E-state index in [1.165, 1.54) is 24.8 Å². The molecule has 0 radical (unpaired) electrons. The van der Waals surface area contributed by atoms with E-state index in [1.807, 2.05) is 0 Å². The fourth-order valence-corrected chi connectivity index (χ4v) is 2.91. The molecule has 2 heteroatoms. The summed E-state index contributed by atoms with van der Waals surface area (Å²) in [6, 6.07) is 11.3. The van der Waals surface area contributed by atoms with E-state index >= 15 is 0 Å². The minimum atomic E-state index is 0.398. The summed E-state index contributed by atoms with van der Waals surface area (Å²) in [4.78, 5) is 0. The van der Waals surface area contributed by atoms with Gasteiger partial charge in [0.2, 0.25) is 0 Å². The van der Waals surface area contributed by atoms with Crippen LogP contribution in [-0.4, -0.2) is 25.3 Å². The summed E-state index contributed by atoms with van der Waals surface area (Å²) >= 11 is 0. The van der Waals surface area contributed by atoms with Crippen molar-refractivity contribution in [2.45, 2.75) is 51.7 Å². The number of aryl methyl sites for hydroxylation is 1. The summed E-state index contributed by atoms with van der Waals surface area (Å²) in [6.45, 7) is 6.56. The minimum Gasteiger partial charge on any atom is -0.376 e. The van der Waals surface area contributed by atoms with Crippen molar-refractivity contribution < 1.29 is 4.74 Å². The highest BCUT2D eigenvalue weighted by molar-refractivity contribution is 5.15. The van der Waals surface area contributed by atoms with Crippen LogP contribution in [0.2, 0.25) is 0 Å². The van der Waals surface area contributed by atoms with Crippen LogP contribution in [0, 0.1) is 5.92 Å². The van der Waals surface area contributed by atoms with Crippen molar-refractivity contribution in [3.8, 4) is 0 Å². The van der Waals surface area contributed by atoms with Crippen molar-refractivity contribution in [3.05, 3.63) is 35.9 Å². The van der Waals surface area contributed by atoms with Crippen molar-refractivity contribution in [1.29, 1.82) is 0 Å². The smallest absolute Gasteiger partial charge is 0.0754 e. The van der Waals surface area contributed by atoms with Gasteiger partial charge < -0.3 is 10.1 Å². The molecule has 1 aliphatic heterocycles. The average molecular weight is 261 g/mol. The molecule has 1 fully saturated rings. The maximum absolute atomic E-state index is 5.95. The quantitative estimate of drug-likeness (QED) is 0.812. The van der Waals surface area contributed by atoms with Crippen molar-refractivity contribution >= 4 is 0 Å². The normalized spacial score (nSPS) is 24.5. The second-order valence-corrected chi connectivity index (χ2v) is 5.69. The van der Waals surface area contributed by atoms with E-state index in [4.69, 9.17) is 4.74 Å². The molecule has 0 aliphatic carbocycles. The van der Waals surface area contributed by atoms with Crippen molar-refractivity contribution in [2.24, 2.45) is 5.92 Å². The Kier molecular flexibility index (Phi) is 5.87. The molecular weight excluding hydrogens is 234 g/mol. The van der Waals surface area contributed by atoms with Crippen LogP contribution in [0.1, 0.15) is 38.7 Å². The molecule has 2 rings (SSSR count). The summed E-state index contributed by atoms with van der Waals surface area (Å²) in [5, 5.41) is 3.69. The summed E-state index contributed by atoms with van der Waals surface area (Å²) < 4.78 is 5.95. The number of ether oxygens (including phenoxy) is 1. The third-order valence-corrected chi connectivity index (χ3v) is 4.08. The molecule has 0 bridgehead atoms. The largest absolute Gasteiger partial charge is 0.376 e. The van der Waals surface area contributed by atoms with Crippen LogP contribution >= 0.6 is 0 Å². The second-order valence-electron chi connectivity index (χ2n) is 5.69. The van der Waals surface area contributed by atoms with E-state index in [0.717, 1.165) is 19.6 Å². The highest BCUT2D eigenvalue weighted by atomic mass is 16.5. The van der Waals surface area contributed by atoms with Gasteiger partial charge in [-0.1, -0.05) is 44.2 Å². The molecule has 0 spiro atoms. The third kappa shape index (κ3) is 4.32. The molecule has 1 heterocycles. The molecule has 1 saturated heterocycles. The lowest BCUT2D eigenvalue weighted by atomic mass is 9.93. The van der Waals surface area contributed by atoms with Crippen LogP contribution in [-0.2, 0) is 11.2 Å². The van der Waals surface area contributed by atoms with Crippen LogP contribution in [0.4, 0.5) is 0 Å². The van der Waals surface area contributed by atoms with Gasteiger partial charge >= 0.3 is 0 Å². The van der Waals surface area contributed by atoms with Crippen LogP contribution in [0.25, 0.3) is 0 Å². The van der Waals surface area contributed by atoms with Crippen molar-refractivity contribution in [2.75, 3.05) is 13.2 Å². The van der Waals surface area contributed by atoms with E-state index in [0.29, 0.717) is 18.1 Å². The van der Waals surface area contributed by atoms with Gasteiger partial charge in [-0.15, -0.1) is 0 Å². The average Bonchev–Trinajstić information content (AvgIpc) is 2.86. The number of rotatable bonds is 7. The summed E-state index contributed by atoms with van der Waals surface area (Å²) in [5.41, 5.74) is 1.43. The first-order valence-corrected chi connectivity index (χ1v) is 7.70. The Hall–Kier alpha value is -0.860. The summed E-state index contributed by atoms with van der Waals surface area (Å²) in [7, 11) is 0. The van der Waals surface area contributed by atoms with Gasteiger partial charge in [-0.05, 0) is 43.7 Å². The molecule has 2 nitrogen and oxygen atoms in total. The highest BCUT2D eigenvalue weighted by Gasteiger charge is 2.31. The SMILES string of the molecule is CCCNC(CCc1ccccc1)C1OCCC1C. The van der Waals surface area contributed by atoms with Gasteiger partial charge in [0.25, 0.3) is 0 Å². The van der Waals surface area contributed by atoms with Crippen molar-refractivity contribution in [1.82, 2.24) is 5.32 Å². The van der Waals surface area contributed by atoms with Gasteiger partial charge in [0, 0.05) is 12.6 Å². The first-order valence-electron chi connectivity index (χ1n) is 7.70. The number of nitrogens with one attached hydrogen (secondary N) is 1. The molecule has 0 aromatic heterocycles. The van der Waals surface area contributed by atoms with E-state index in [-0.39, 0.29) is 0 Å². The Morgan fingerprint density at radius 3 is 2.74 bits per heavy atom. The lowest BCUT2D eigenvalue weighted by molar-refractivity contribution is 0.0584. The zero-order valence-electron chi connectivity index (χ0n) is 12.3. The van der Waals surface area contributed by atoms with Crippen LogP contribution in [0.15, 0.2) is 30.3 Å². The maximum Gasteiger partial charge on any atom is 0.0754 e. The van der Waals surface area contributed by atoms with E-state index in [9.17, 15) is 0 Å². The molecule has 1 N–H and O–H groups in total. The molecular formula is C17H27NO. The van der Waals surface area contributed by atoms with Crippen LogP contribution < -0.4 is 5.32 Å². The Bertz CT molecular complexity index is 352. The molecule has 3 unspecified atom stereocenters. The molecule has 1 aromatic rings. The summed E-state index contributed by atoms with van der Waals surface area (Å²) in [6.07, 6.45) is 5.09. The van der Waals surface area contributed by atoms with Crippen LogP contribution in [0.3, 0.4) is 0 Å². The molecule has 1 aliphatic rings. The predicted molar refractivity (Wildman–Crippen MR) is 80.4 cm³/mol. The molecule has 0 saturated carbocycles. The Morgan fingerprint density at radius 2 is 2.11 bits per heavy atom. The number of hydrogen-bond donors (Lipinski definition) is 1. The van der Waals surface area contributed by atoms with Gasteiger partial charge in [0.15, 0.2) is 0 Å². The zero-order chi connectivity index (χ0) is 13.5. The van der Waals surface area contributed by atoms with E-state index in [1.54, 1.807) is 0 Å². The molecule has 3 atom stereocenters. The minimum absolute atomic E-state index is 0.398. The van der Waals surface area contributed by atoms with Gasteiger partial charge in [-0.3, -0.25) is 0 Å². The number of hydrogen-bond acceptors (Lipinski definition) is 2. The Labute approximate surface area is 117 Å². The van der Waals surface area contributed by atoms with Gasteiger partial charge in [0.05, 0.1) is 6.10 Å². The Balaban J connectivity index is 1.90. The monoisotopic (exact) mass is 261 g/mol. The molecule has 19 heavy (non-hydrogen) atoms. The Morgan fingerprint density at radius 1 is 1.32 bits per heavy atom. The fourth-order valence-electron chi connectivity index (χ4n) is 2.91. The first-order chi connectivity index (χ1) is 9.31. The van der Waals surface area contributed by atoms with E-state index < -0.39 is 0 Å². The van der Waals surface area contributed by atoms with E-state index in [2.05, 4.69) is 49.5 Å². The number of benzene rings is 1. The first kappa shape index (κ1) is 14.5. The zero-order valence-corrected chi connectivity index (χ0v) is 12.3. The van der Waals surface area contributed by atoms with Crippen molar-refractivity contribution in [3.63, 3.8) is 0 Å². The lowest BCUT2D eigenvalue weighted by Gasteiger charge is -2.27. The maximum atomic E-state index is 5.95. The van der Waals surface area contributed by atoms with Gasteiger partial charge in [-0.25, -0.2) is 0 Å². The highest BCUT2D eigenvalue weighted by Crippen LogP contribution is 2.25. The molecule has 1 aromatic carbocycles. The fraction of sp³-hybridized carbons (Fsp3) is 0.647. The van der Waals surface area contributed by atoms with Gasteiger partial charge in [0.1, 0.15) is 0 Å².